The number of carbonyl (C=O) groups is 1. The Kier molecular flexibility index (Phi) is 4.27. The molecule has 5 heteroatoms. The molecule has 16 heavy (non-hydrogen) atoms. The van der Waals surface area contributed by atoms with Crippen LogP contribution in [0.5, 0.6) is 0 Å². The predicted octanol–water partition coefficient (Wildman–Crippen LogP) is 0.509. The number of nitrogens with zero attached hydrogens (tertiary/aromatic N) is 1. The number of hydrogen-bond donors (Lipinski definition) is 2. The lowest BCUT2D eigenvalue weighted by Gasteiger charge is -2.40. The van der Waals surface area contributed by atoms with Crippen LogP contribution >= 0.6 is 12.2 Å². The van der Waals surface area contributed by atoms with Crippen LogP contribution < -0.4 is 11.1 Å². The Balaban J connectivity index is 2.55. The molecule has 1 rings (SSSR count). The molecule has 0 bridgehead atoms. The Morgan fingerprint density at radius 2 is 2.00 bits per heavy atom. The highest BCUT2D eigenvalue weighted by molar-refractivity contribution is 7.80. The lowest BCUT2D eigenvalue weighted by atomic mass is 9.80. The zero-order valence-corrected chi connectivity index (χ0v) is 11.1. The summed E-state index contributed by atoms with van der Waals surface area (Å²) >= 11 is 5.09. The molecule has 0 aromatic carbocycles. The highest BCUT2D eigenvalue weighted by Crippen LogP contribution is 2.31. The standard InChI is InChI=1S/C11H21N3OS/c1-8(9(15)13-3)14-6-4-11(2,5-7-14)10(12)16/h8H,4-7H2,1-3H3,(H2,12,16)(H,13,15). The van der Waals surface area contributed by atoms with Crippen molar-refractivity contribution in [3.05, 3.63) is 0 Å². The van der Waals surface area contributed by atoms with Gasteiger partial charge < -0.3 is 11.1 Å². The molecule has 0 aromatic rings. The van der Waals surface area contributed by atoms with Crippen LogP contribution in [-0.4, -0.2) is 42.0 Å². The molecule has 1 heterocycles. The minimum absolute atomic E-state index is 0.0335. The van der Waals surface area contributed by atoms with Crippen LogP contribution in [0.4, 0.5) is 0 Å². The van der Waals surface area contributed by atoms with E-state index < -0.39 is 0 Å². The van der Waals surface area contributed by atoms with Crippen molar-refractivity contribution in [3.8, 4) is 0 Å². The van der Waals surface area contributed by atoms with Crippen molar-refractivity contribution < 1.29 is 4.79 Å². The fourth-order valence-corrected chi connectivity index (χ4v) is 2.23. The van der Waals surface area contributed by atoms with E-state index in [1.54, 1.807) is 7.05 Å². The summed E-state index contributed by atoms with van der Waals surface area (Å²) in [4.78, 5) is 14.3. The van der Waals surface area contributed by atoms with Crippen LogP contribution in [0.15, 0.2) is 0 Å². The zero-order chi connectivity index (χ0) is 12.3. The van der Waals surface area contributed by atoms with Gasteiger partial charge >= 0.3 is 0 Å². The van der Waals surface area contributed by atoms with E-state index in [1.807, 2.05) is 6.92 Å². The van der Waals surface area contributed by atoms with Gasteiger partial charge in [0.15, 0.2) is 0 Å². The Labute approximate surface area is 103 Å². The SMILES string of the molecule is CNC(=O)C(C)N1CCC(C)(C(N)=S)CC1. The van der Waals surface area contributed by atoms with E-state index in [1.165, 1.54) is 0 Å². The van der Waals surface area contributed by atoms with E-state index >= 15 is 0 Å². The fraction of sp³-hybridized carbons (Fsp3) is 0.818. The first kappa shape index (κ1) is 13.4. The number of amides is 1. The molecule has 0 spiro atoms. The zero-order valence-electron chi connectivity index (χ0n) is 10.2. The Morgan fingerprint density at radius 3 is 2.38 bits per heavy atom. The van der Waals surface area contributed by atoms with Crippen LogP contribution in [0.3, 0.4) is 0 Å². The molecule has 3 N–H and O–H groups in total. The third kappa shape index (κ3) is 2.71. The molecule has 0 aliphatic carbocycles. The molecule has 1 saturated heterocycles. The van der Waals surface area contributed by atoms with Crippen molar-refractivity contribution in [2.24, 2.45) is 11.1 Å². The highest BCUT2D eigenvalue weighted by Gasteiger charge is 2.35. The van der Waals surface area contributed by atoms with Crippen LogP contribution in [0.25, 0.3) is 0 Å². The maximum Gasteiger partial charge on any atom is 0.236 e. The third-order valence-corrected chi connectivity index (χ3v) is 4.16. The molecular formula is C11H21N3OS. The number of thiocarbonyl (C=S) groups is 1. The van der Waals surface area contributed by atoms with E-state index in [4.69, 9.17) is 18.0 Å². The minimum Gasteiger partial charge on any atom is -0.393 e. The van der Waals surface area contributed by atoms with Crippen LogP contribution in [0, 0.1) is 5.41 Å². The molecule has 1 atom stereocenters. The Hall–Kier alpha value is -0.680. The van der Waals surface area contributed by atoms with Crippen molar-refractivity contribution in [2.45, 2.75) is 32.7 Å². The van der Waals surface area contributed by atoms with Gasteiger partial charge in [-0.1, -0.05) is 19.1 Å². The first-order valence-corrected chi connectivity index (χ1v) is 6.07. The first-order chi connectivity index (χ1) is 7.40. The van der Waals surface area contributed by atoms with Crippen molar-refractivity contribution in [1.82, 2.24) is 10.2 Å². The normalized spacial score (nSPS) is 22.4. The number of nitrogens with two attached hydrogens (primary N) is 1. The first-order valence-electron chi connectivity index (χ1n) is 5.66. The minimum atomic E-state index is -0.0686. The molecule has 1 amide bonds. The summed E-state index contributed by atoms with van der Waals surface area (Å²) in [5, 5.41) is 2.67. The summed E-state index contributed by atoms with van der Waals surface area (Å²) in [6.07, 6.45) is 1.87. The molecule has 4 nitrogen and oxygen atoms in total. The second kappa shape index (κ2) is 5.10. The quantitative estimate of drug-likeness (QED) is 0.709. The summed E-state index contributed by atoms with van der Waals surface area (Å²) in [7, 11) is 1.67. The maximum absolute atomic E-state index is 11.5. The maximum atomic E-state index is 11.5. The van der Waals surface area contributed by atoms with Crippen LogP contribution in [0.1, 0.15) is 26.7 Å². The van der Waals surface area contributed by atoms with Crippen molar-refractivity contribution in [1.29, 1.82) is 0 Å². The van der Waals surface area contributed by atoms with Gasteiger partial charge in [0.25, 0.3) is 0 Å². The topological polar surface area (TPSA) is 58.4 Å². The van der Waals surface area contributed by atoms with Gasteiger partial charge in [-0.3, -0.25) is 9.69 Å². The molecule has 1 aliphatic rings. The van der Waals surface area contributed by atoms with Gasteiger partial charge in [-0.15, -0.1) is 0 Å². The van der Waals surface area contributed by atoms with Gasteiger partial charge in [0.2, 0.25) is 5.91 Å². The van der Waals surface area contributed by atoms with Crippen molar-refractivity contribution in [2.75, 3.05) is 20.1 Å². The van der Waals surface area contributed by atoms with Gasteiger partial charge in [0, 0.05) is 12.5 Å². The van der Waals surface area contributed by atoms with Crippen molar-refractivity contribution >= 4 is 23.1 Å². The van der Waals surface area contributed by atoms with E-state index in [2.05, 4.69) is 17.1 Å². The third-order valence-electron chi connectivity index (χ3n) is 3.67. The largest absolute Gasteiger partial charge is 0.393 e. The number of hydrogen-bond acceptors (Lipinski definition) is 3. The molecule has 0 aromatic heterocycles. The summed E-state index contributed by atoms with van der Waals surface area (Å²) in [5.41, 5.74) is 5.71. The number of likely N-dealkylation sites (tertiary alicyclic amines) is 1. The average molecular weight is 243 g/mol. The van der Waals surface area contributed by atoms with E-state index in [0.717, 1.165) is 25.9 Å². The number of likely N-dealkylation sites (N-methyl/N-ethyl adjacent to an activating group) is 1. The fourth-order valence-electron chi connectivity index (χ4n) is 2.03. The highest BCUT2D eigenvalue weighted by atomic mass is 32.1. The lowest BCUT2D eigenvalue weighted by molar-refractivity contribution is -0.126. The molecule has 1 aliphatic heterocycles. The molecule has 0 saturated carbocycles. The monoisotopic (exact) mass is 243 g/mol. The van der Waals surface area contributed by atoms with Crippen LogP contribution in [-0.2, 0) is 4.79 Å². The molecular weight excluding hydrogens is 222 g/mol. The van der Waals surface area contributed by atoms with E-state index in [9.17, 15) is 4.79 Å². The molecule has 1 unspecified atom stereocenters. The summed E-state index contributed by atoms with van der Waals surface area (Å²) in [6.45, 7) is 5.80. The van der Waals surface area contributed by atoms with Gasteiger partial charge in [0.05, 0.1) is 11.0 Å². The predicted molar refractivity (Wildman–Crippen MR) is 69.2 cm³/mol. The van der Waals surface area contributed by atoms with Crippen LogP contribution in [0.2, 0.25) is 0 Å². The van der Waals surface area contributed by atoms with Crippen molar-refractivity contribution in [3.63, 3.8) is 0 Å². The molecule has 1 fully saturated rings. The number of rotatable bonds is 3. The smallest absolute Gasteiger partial charge is 0.236 e. The number of nitrogens with one attached hydrogen (secondary N) is 1. The van der Waals surface area contributed by atoms with Gasteiger partial charge in [-0.05, 0) is 32.9 Å². The number of piperidine rings is 1. The van der Waals surface area contributed by atoms with Gasteiger partial charge in [-0.25, -0.2) is 0 Å². The second-order valence-corrected chi connectivity index (χ2v) is 5.19. The summed E-state index contributed by atoms with van der Waals surface area (Å²) in [6, 6.07) is -0.0686. The summed E-state index contributed by atoms with van der Waals surface area (Å²) in [5.74, 6) is 0.0685. The van der Waals surface area contributed by atoms with Gasteiger partial charge in [-0.2, -0.15) is 0 Å². The van der Waals surface area contributed by atoms with Gasteiger partial charge in [0.1, 0.15) is 0 Å². The lowest BCUT2D eigenvalue weighted by Crippen LogP contribution is -2.51. The summed E-state index contributed by atoms with van der Waals surface area (Å²) < 4.78 is 0. The van der Waals surface area contributed by atoms with E-state index in [0.29, 0.717) is 4.99 Å². The second-order valence-electron chi connectivity index (χ2n) is 4.75. The number of carbonyl (C=O) groups excluding carboxylic acids is 1. The molecule has 92 valence electrons. The van der Waals surface area contributed by atoms with E-state index in [-0.39, 0.29) is 17.4 Å². The molecule has 0 radical (unpaired) electrons. The Morgan fingerprint density at radius 1 is 1.50 bits per heavy atom. The average Bonchev–Trinajstić information content (AvgIpc) is 2.28. The Bertz CT molecular complexity index is 285.